The molecule has 6 aliphatic rings. The van der Waals surface area contributed by atoms with Crippen molar-refractivity contribution in [3.8, 4) is 45.3 Å². The molecule has 4 aliphatic heterocycles. The van der Waals surface area contributed by atoms with Crippen LogP contribution in [-0.2, 0) is 20.8 Å². The van der Waals surface area contributed by atoms with Gasteiger partial charge in [0, 0.05) is 27.4 Å². The summed E-state index contributed by atoms with van der Waals surface area (Å²) in [6.07, 6.45) is 0. The van der Waals surface area contributed by atoms with E-state index in [-0.39, 0.29) is 10.8 Å². The van der Waals surface area contributed by atoms with Crippen molar-refractivity contribution < 1.29 is 14.0 Å². The molecule has 4 heterocycles. The number of hydrogen-bond donors (Lipinski definition) is 0. The number of fused-ring (bicyclic) bond motifs is 12. The van der Waals surface area contributed by atoms with Crippen molar-refractivity contribution in [3.63, 3.8) is 0 Å². The first-order valence-corrected chi connectivity index (χ1v) is 20.2. The predicted molar refractivity (Wildman–Crippen MR) is 211 cm³/mol. The standard InChI is InChI=1S/C47H38NO3P/c1-23-17-18-31-30(19-23)47(7,8)37-35-26-14-10-12-16-29(26)46(5,6)38(35)41-44-39(37)48(31)32-22-27-25-13-9-11-15-28(25)45(3,4)36(27)40-42(32)52(44,49)43-33(50-40)20-24(2)21-34(43)51-41/h9-22H,1-8H3. The van der Waals surface area contributed by atoms with Crippen molar-refractivity contribution in [1.82, 2.24) is 0 Å². The molecular weight excluding hydrogens is 657 g/mol. The molecule has 0 saturated heterocycles. The molecule has 1 atom stereocenters. The Morgan fingerprint density at radius 1 is 0.538 bits per heavy atom. The van der Waals surface area contributed by atoms with E-state index >= 15 is 4.57 Å². The fraction of sp³-hybridized carbons (Fsp3) is 0.234. The third kappa shape index (κ3) is 2.94. The highest BCUT2D eigenvalue weighted by atomic mass is 31.2. The Balaban J connectivity index is 1.36. The van der Waals surface area contributed by atoms with Gasteiger partial charge in [-0.1, -0.05) is 108 Å². The lowest BCUT2D eigenvalue weighted by molar-refractivity contribution is 0.445. The van der Waals surface area contributed by atoms with Crippen LogP contribution in [0.1, 0.15) is 86.1 Å². The fourth-order valence-corrected chi connectivity index (χ4v) is 14.6. The van der Waals surface area contributed by atoms with E-state index in [1.807, 2.05) is 0 Å². The maximum absolute atomic E-state index is 17.3. The molecule has 12 rings (SSSR count). The first kappa shape index (κ1) is 29.5. The number of nitrogens with zero attached hydrogens (tertiary/aromatic N) is 1. The van der Waals surface area contributed by atoms with E-state index in [4.69, 9.17) is 9.47 Å². The highest BCUT2D eigenvalue weighted by molar-refractivity contribution is 7.87. The van der Waals surface area contributed by atoms with Gasteiger partial charge >= 0.3 is 0 Å². The quantitative estimate of drug-likeness (QED) is 0.148. The van der Waals surface area contributed by atoms with Gasteiger partial charge < -0.3 is 18.9 Å². The minimum Gasteiger partial charge on any atom is -0.455 e. The summed E-state index contributed by atoms with van der Waals surface area (Å²) in [4.78, 5) is 2.45. The zero-order valence-electron chi connectivity index (χ0n) is 30.7. The van der Waals surface area contributed by atoms with E-state index in [1.165, 1.54) is 44.5 Å². The second-order valence-corrected chi connectivity index (χ2v) is 20.0. The Kier molecular flexibility index (Phi) is 4.88. The minimum atomic E-state index is -3.59. The molecule has 254 valence electrons. The van der Waals surface area contributed by atoms with Gasteiger partial charge in [0.1, 0.15) is 28.3 Å². The molecule has 6 aromatic carbocycles. The summed E-state index contributed by atoms with van der Waals surface area (Å²) in [5.41, 5.74) is 16.3. The molecule has 0 radical (unpaired) electrons. The lowest BCUT2D eigenvalue weighted by Gasteiger charge is -2.51. The molecule has 0 bridgehead atoms. The van der Waals surface area contributed by atoms with Crippen molar-refractivity contribution in [2.45, 2.75) is 71.6 Å². The van der Waals surface area contributed by atoms with Gasteiger partial charge in [-0.05, 0) is 88.2 Å². The summed E-state index contributed by atoms with van der Waals surface area (Å²) in [5, 5.41) is 2.35. The predicted octanol–water partition coefficient (Wildman–Crippen LogP) is 11.2. The van der Waals surface area contributed by atoms with Crippen molar-refractivity contribution in [2.24, 2.45) is 0 Å². The van der Waals surface area contributed by atoms with Crippen LogP contribution < -0.4 is 30.3 Å². The van der Waals surface area contributed by atoms with Crippen LogP contribution in [0.2, 0.25) is 0 Å². The minimum absolute atomic E-state index is 0.360. The zero-order chi connectivity index (χ0) is 35.6. The van der Waals surface area contributed by atoms with Crippen molar-refractivity contribution in [2.75, 3.05) is 4.90 Å². The molecule has 0 aromatic heterocycles. The average Bonchev–Trinajstić information content (AvgIpc) is 3.47. The van der Waals surface area contributed by atoms with Crippen LogP contribution >= 0.6 is 7.14 Å². The van der Waals surface area contributed by atoms with Crippen molar-refractivity contribution in [1.29, 1.82) is 0 Å². The van der Waals surface area contributed by atoms with Gasteiger partial charge in [-0.15, -0.1) is 0 Å². The Bertz CT molecular complexity index is 2820. The molecule has 52 heavy (non-hydrogen) atoms. The first-order valence-electron chi connectivity index (χ1n) is 18.5. The molecule has 6 aromatic rings. The molecule has 0 fully saturated rings. The van der Waals surface area contributed by atoms with Gasteiger partial charge in [0.2, 0.25) is 0 Å². The maximum atomic E-state index is 17.3. The number of ether oxygens (including phenoxy) is 2. The Morgan fingerprint density at radius 2 is 1.13 bits per heavy atom. The van der Waals surface area contributed by atoms with Gasteiger partial charge in [-0.2, -0.15) is 0 Å². The summed E-state index contributed by atoms with van der Waals surface area (Å²) < 4.78 is 31.8. The number of aryl methyl sites for hydroxylation is 2. The maximum Gasteiger partial charge on any atom is 0.189 e. The van der Waals surface area contributed by atoms with E-state index in [0.29, 0.717) is 16.8 Å². The normalized spacial score (nSPS) is 20.8. The van der Waals surface area contributed by atoms with Gasteiger partial charge in [0.05, 0.1) is 27.7 Å². The SMILES string of the molecule is Cc1cc2c3c(c1)Oc1c4c(c5c6c1P3(=O)c1c(cc3c(c1O2)C(C)(C)c1ccccc1-3)N6c1ccc(C)cc1C5(C)C)-c1ccccc1C4(C)C. The van der Waals surface area contributed by atoms with Gasteiger partial charge in [0.15, 0.2) is 7.14 Å². The second-order valence-electron chi connectivity index (χ2n) is 17.4. The average molecular weight is 696 g/mol. The molecule has 2 aliphatic carbocycles. The van der Waals surface area contributed by atoms with Gasteiger partial charge in [-0.3, -0.25) is 0 Å². The van der Waals surface area contributed by atoms with Crippen molar-refractivity contribution in [3.05, 3.63) is 129 Å². The number of hydrogen-bond acceptors (Lipinski definition) is 4. The lowest BCUT2D eigenvalue weighted by Crippen LogP contribution is -2.47. The zero-order valence-corrected chi connectivity index (χ0v) is 31.6. The monoisotopic (exact) mass is 695 g/mol. The third-order valence-electron chi connectivity index (χ3n) is 13.4. The molecule has 1 unspecified atom stereocenters. The Hall–Kier alpha value is -5.05. The smallest absolute Gasteiger partial charge is 0.189 e. The van der Waals surface area contributed by atoms with Crippen LogP contribution in [0.15, 0.2) is 84.9 Å². The third-order valence-corrected chi connectivity index (χ3v) is 16.5. The molecule has 0 amide bonds. The molecule has 4 nitrogen and oxygen atoms in total. The summed E-state index contributed by atoms with van der Waals surface area (Å²) >= 11 is 0. The van der Waals surface area contributed by atoms with Crippen LogP contribution in [0.5, 0.6) is 23.0 Å². The van der Waals surface area contributed by atoms with Crippen molar-refractivity contribution >= 4 is 40.1 Å². The summed E-state index contributed by atoms with van der Waals surface area (Å²) in [5.74, 6) is 2.82. The Labute approximate surface area is 304 Å². The highest BCUT2D eigenvalue weighted by Gasteiger charge is 2.61. The summed E-state index contributed by atoms with van der Waals surface area (Å²) in [7, 11) is -3.59. The summed E-state index contributed by atoms with van der Waals surface area (Å²) in [6.45, 7) is 18.2. The number of benzene rings is 6. The number of rotatable bonds is 0. The fourth-order valence-electron chi connectivity index (χ4n) is 11.2. The number of anilines is 3. The van der Waals surface area contributed by atoms with E-state index in [0.717, 1.165) is 61.4 Å². The van der Waals surface area contributed by atoms with E-state index in [2.05, 4.69) is 145 Å². The Morgan fingerprint density at radius 3 is 1.85 bits per heavy atom. The lowest BCUT2D eigenvalue weighted by atomic mass is 9.69. The molecule has 0 spiro atoms. The van der Waals surface area contributed by atoms with E-state index in [1.54, 1.807) is 0 Å². The molecule has 5 heteroatoms. The molecule has 0 N–H and O–H groups in total. The van der Waals surface area contributed by atoms with Gasteiger partial charge in [-0.25, -0.2) is 0 Å². The van der Waals surface area contributed by atoms with E-state index < -0.39 is 12.6 Å². The highest BCUT2D eigenvalue weighted by Crippen LogP contribution is 2.73. The largest absolute Gasteiger partial charge is 0.455 e. The van der Waals surface area contributed by atoms with Crippen LogP contribution in [0.3, 0.4) is 0 Å². The van der Waals surface area contributed by atoms with Crippen LogP contribution in [-0.4, -0.2) is 0 Å². The van der Waals surface area contributed by atoms with E-state index in [9.17, 15) is 0 Å². The van der Waals surface area contributed by atoms with Crippen LogP contribution in [0, 0.1) is 13.8 Å². The first-order chi connectivity index (χ1) is 24.8. The molecule has 0 saturated carbocycles. The topological polar surface area (TPSA) is 38.8 Å². The molecular formula is C47H38NO3P. The van der Waals surface area contributed by atoms with Crippen LogP contribution in [0.4, 0.5) is 17.1 Å². The van der Waals surface area contributed by atoms with Crippen LogP contribution in [0.25, 0.3) is 22.3 Å². The summed E-state index contributed by atoms with van der Waals surface area (Å²) in [6, 6.07) is 30.9. The van der Waals surface area contributed by atoms with Gasteiger partial charge in [0.25, 0.3) is 0 Å². The second kappa shape index (κ2) is 8.59.